The van der Waals surface area contributed by atoms with E-state index in [0.717, 1.165) is 38.1 Å². The minimum Gasteiger partial charge on any atom is -0.489 e. The summed E-state index contributed by atoms with van der Waals surface area (Å²) >= 11 is 0. The van der Waals surface area contributed by atoms with E-state index in [9.17, 15) is 18.0 Å². The third-order valence-electron chi connectivity index (χ3n) is 4.39. The van der Waals surface area contributed by atoms with Crippen LogP contribution in [0, 0.1) is 5.41 Å². The Labute approximate surface area is 145 Å². The highest BCUT2D eigenvalue weighted by atomic mass is 19.4. The van der Waals surface area contributed by atoms with Crippen molar-refractivity contribution in [1.29, 1.82) is 0 Å². The van der Waals surface area contributed by atoms with Crippen molar-refractivity contribution in [2.45, 2.75) is 25.9 Å². The van der Waals surface area contributed by atoms with Gasteiger partial charge in [-0.25, -0.2) is 0 Å². The second-order valence-electron chi connectivity index (χ2n) is 6.55. The lowest BCUT2D eigenvalue weighted by atomic mass is 9.81. The van der Waals surface area contributed by atoms with Gasteiger partial charge in [0.25, 0.3) is 5.91 Å². The van der Waals surface area contributed by atoms with E-state index in [4.69, 9.17) is 4.74 Å². The number of benzene rings is 1. The van der Waals surface area contributed by atoms with E-state index >= 15 is 0 Å². The molecule has 0 spiro atoms. The maximum atomic E-state index is 13.0. The van der Waals surface area contributed by atoms with Gasteiger partial charge in [0.15, 0.2) is 0 Å². The standard InChI is InChI=1S/C18H23F3N2O2/c1-3-10-25-15-5-4-13(18(19,20)21)11-14(15)16(24)23-12-17(2)6-8-22-9-7-17/h3-5,11,22H,1,6-10,12H2,2H3,(H,23,24). The van der Waals surface area contributed by atoms with Gasteiger partial charge in [0.1, 0.15) is 12.4 Å². The van der Waals surface area contributed by atoms with Crippen LogP contribution in [-0.2, 0) is 6.18 Å². The van der Waals surface area contributed by atoms with Gasteiger partial charge in [0.05, 0.1) is 11.1 Å². The van der Waals surface area contributed by atoms with Crippen LogP contribution in [0.15, 0.2) is 30.9 Å². The number of ether oxygens (including phenoxy) is 1. The van der Waals surface area contributed by atoms with Crippen LogP contribution in [0.5, 0.6) is 5.75 Å². The maximum absolute atomic E-state index is 13.0. The molecule has 0 radical (unpaired) electrons. The molecule has 0 aromatic heterocycles. The molecule has 7 heteroatoms. The third-order valence-corrected chi connectivity index (χ3v) is 4.39. The second kappa shape index (κ2) is 7.91. The fourth-order valence-corrected chi connectivity index (χ4v) is 2.75. The fraction of sp³-hybridized carbons (Fsp3) is 0.500. The zero-order valence-electron chi connectivity index (χ0n) is 14.2. The van der Waals surface area contributed by atoms with Crippen LogP contribution >= 0.6 is 0 Å². The van der Waals surface area contributed by atoms with Crippen LogP contribution in [0.1, 0.15) is 35.7 Å². The van der Waals surface area contributed by atoms with Crippen molar-refractivity contribution in [2.24, 2.45) is 5.41 Å². The highest BCUT2D eigenvalue weighted by Gasteiger charge is 2.33. The number of amides is 1. The van der Waals surface area contributed by atoms with Gasteiger partial charge in [-0.3, -0.25) is 4.79 Å². The molecule has 1 aliphatic rings. The molecular weight excluding hydrogens is 333 g/mol. The van der Waals surface area contributed by atoms with Gasteiger partial charge >= 0.3 is 6.18 Å². The Bertz CT molecular complexity index is 623. The van der Waals surface area contributed by atoms with Crippen LogP contribution in [0.25, 0.3) is 0 Å². The van der Waals surface area contributed by atoms with E-state index in [-0.39, 0.29) is 23.3 Å². The summed E-state index contributed by atoms with van der Waals surface area (Å²) in [6.45, 7) is 7.81. The van der Waals surface area contributed by atoms with E-state index in [1.165, 1.54) is 12.1 Å². The zero-order chi connectivity index (χ0) is 18.5. The second-order valence-corrected chi connectivity index (χ2v) is 6.55. The molecule has 0 unspecified atom stereocenters. The van der Waals surface area contributed by atoms with Gasteiger partial charge in [-0.1, -0.05) is 19.6 Å². The van der Waals surface area contributed by atoms with Gasteiger partial charge < -0.3 is 15.4 Å². The Morgan fingerprint density at radius 2 is 2.08 bits per heavy atom. The molecule has 2 N–H and O–H groups in total. The van der Waals surface area contributed by atoms with Crippen molar-refractivity contribution >= 4 is 5.91 Å². The number of alkyl halides is 3. The number of nitrogens with one attached hydrogen (secondary N) is 2. The molecule has 0 bridgehead atoms. The van der Waals surface area contributed by atoms with E-state index in [2.05, 4.69) is 24.1 Å². The largest absolute Gasteiger partial charge is 0.489 e. The molecular formula is C18H23F3N2O2. The number of halogens is 3. The number of carbonyl (C=O) groups is 1. The molecule has 25 heavy (non-hydrogen) atoms. The summed E-state index contributed by atoms with van der Waals surface area (Å²) in [5, 5.41) is 6.01. The van der Waals surface area contributed by atoms with Gasteiger partial charge in [-0.05, 0) is 49.5 Å². The molecule has 1 fully saturated rings. The fourth-order valence-electron chi connectivity index (χ4n) is 2.75. The van der Waals surface area contributed by atoms with Crippen molar-refractivity contribution in [3.8, 4) is 5.75 Å². The quantitative estimate of drug-likeness (QED) is 0.768. The predicted molar refractivity (Wildman–Crippen MR) is 89.7 cm³/mol. The van der Waals surface area contributed by atoms with E-state index in [0.29, 0.717) is 6.54 Å². The van der Waals surface area contributed by atoms with Gasteiger partial charge in [-0.15, -0.1) is 0 Å². The molecule has 1 aromatic rings. The predicted octanol–water partition coefficient (Wildman–Crippen LogP) is 3.39. The van der Waals surface area contributed by atoms with Crippen molar-refractivity contribution < 1.29 is 22.7 Å². The first-order valence-corrected chi connectivity index (χ1v) is 8.19. The van der Waals surface area contributed by atoms with Crippen molar-refractivity contribution in [3.05, 3.63) is 42.0 Å². The van der Waals surface area contributed by atoms with Crippen LogP contribution in [0.3, 0.4) is 0 Å². The molecule has 138 valence electrons. The summed E-state index contributed by atoms with van der Waals surface area (Å²) in [4.78, 5) is 12.5. The van der Waals surface area contributed by atoms with Crippen LogP contribution in [0.2, 0.25) is 0 Å². The van der Waals surface area contributed by atoms with Crippen molar-refractivity contribution in [3.63, 3.8) is 0 Å². The average Bonchev–Trinajstić information content (AvgIpc) is 2.57. The highest BCUT2D eigenvalue weighted by molar-refractivity contribution is 5.97. The Kier molecular flexibility index (Phi) is 6.11. The maximum Gasteiger partial charge on any atom is 0.416 e. The molecule has 1 aliphatic heterocycles. The number of piperidine rings is 1. The number of hydrogen-bond acceptors (Lipinski definition) is 3. The van der Waals surface area contributed by atoms with Gasteiger partial charge in [0, 0.05) is 6.54 Å². The molecule has 0 atom stereocenters. The van der Waals surface area contributed by atoms with Crippen LogP contribution < -0.4 is 15.4 Å². The van der Waals surface area contributed by atoms with Crippen LogP contribution in [0.4, 0.5) is 13.2 Å². The number of rotatable bonds is 6. The smallest absolute Gasteiger partial charge is 0.416 e. The summed E-state index contributed by atoms with van der Waals surface area (Å²) in [6.07, 6.45) is -1.26. The van der Waals surface area contributed by atoms with Crippen LogP contribution in [-0.4, -0.2) is 32.1 Å². The monoisotopic (exact) mass is 356 g/mol. The van der Waals surface area contributed by atoms with E-state index in [1.54, 1.807) is 0 Å². The van der Waals surface area contributed by atoms with Crippen molar-refractivity contribution in [2.75, 3.05) is 26.2 Å². The number of hydrogen-bond donors (Lipinski definition) is 2. The summed E-state index contributed by atoms with van der Waals surface area (Å²) in [6, 6.07) is 2.91. The molecule has 1 heterocycles. The van der Waals surface area contributed by atoms with Gasteiger partial charge in [-0.2, -0.15) is 13.2 Å². The molecule has 1 amide bonds. The number of carbonyl (C=O) groups excluding carboxylic acids is 1. The lowest BCUT2D eigenvalue weighted by Crippen LogP contribution is -2.43. The third kappa shape index (κ3) is 5.22. The summed E-state index contributed by atoms with van der Waals surface area (Å²) < 4.78 is 44.2. The van der Waals surface area contributed by atoms with E-state index in [1.807, 2.05) is 0 Å². The topological polar surface area (TPSA) is 50.4 Å². The summed E-state index contributed by atoms with van der Waals surface area (Å²) in [5.74, 6) is -0.453. The molecule has 0 aliphatic carbocycles. The minimum atomic E-state index is -4.52. The average molecular weight is 356 g/mol. The Morgan fingerprint density at radius 1 is 1.40 bits per heavy atom. The first kappa shape index (κ1) is 19.3. The molecule has 1 saturated heterocycles. The Balaban J connectivity index is 2.18. The minimum absolute atomic E-state index is 0.0648. The molecule has 1 aromatic carbocycles. The normalized spacial score (nSPS) is 17.0. The molecule has 2 rings (SSSR count). The lowest BCUT2D eigenvalue weighted by molar-refractivity contribution is -0.137. The first-order valence-electron chi connectivity index (χ1n) is 8.19. The SMILES string of the molecule is C=CCOc1ccc(C(F)(F)F)cc1C(=O)NCC1(C)CCNCC1. The molecule has 0 saturated carbocycles. The summed E-state index contributed by atoms with van der Waals surface area (Å²) in [7, 11) is 0. The Morgan fingerprint density at radius 3 is 2.68 bits per heavy atom. The lowest BCUT2D eigenvalue weighted by Gasteiger charge is -2.34. The van der Waals surface area contributed by atoms with Gasteiger partial charge in [0.2, 0.25) is 0 Å². The molecule has 4 nitrogen and oxygen atoms in total. The highest BCUT2D eigenvalue weighted by Crippen LogP contribution is 2.33. The zero-order valence-corrected chi connectivity index (χ0v) is 14.2. The first-order chi connectivity index (χ1) is 11.7. The van der Waals surface area contributed by atoms with E-state index < -0.39 is 17.6 Å². The summed E-state index contributed by atoms with van der Waals surface area (Å²) in [5.41, 5.74) is -1.06. The van der Waals surface area contributed by atoms with Crippen molar-refractivity contribution in [1.82, 2.24) is 10.6 Å². The Hall–Kier alpha value is -2.02.